The van der Waals surface area contributed by atoms with Crippen LogP contribution in [0, 0.1) is 0 Å². The molecule has 2 heterocycles. The van der Waals surface area contributed by atoms with Crippen molar-refractivity contribution in [1.29, 1.82) is 0 Å². The van der Waals surface area contributed by atoms with Gasteiger partial charge in [0.15, 0.2) is 5.82 Å². The summed E-state index contributed by atoms with van der Waals surface area (Å²) in [6, 6.07) is 4.60. The van der Waals surface area contributed by atoms with Crippen LogP contribution in [0.4, 0.5) is 5.69 Å². The van der Waals surface area contributed by atoms with Crippen molar-refractivity contribution >= 4 is 29.1 Å². The van der Waals surface area contributed by atoms with E-state index in [2.05, 4.69) is 15.5 Å². The molecule has 138 valence electrons. The first-order valence-electron chi connectivity index (χ1n) is 8.58. The Labute approximate surface area is 156 Å². The number of amides is 2. The fourth-order valence-corrected chi connectivity index (χ4v) is 3.21. The SMILES string of the molecule is CC(=O)Nc1ccc(Cl)c(C(=O)N2CCC[C@H]2c2nc(C(C)C)no2)c1. The molecule has 1 aliphatic heterocycles. The summed E-state index contributed by atoms with van der Waals surface area (Å²) in [6.07, 6.45) is 1.60. The molecule has 1 aromatic heterocycles. The summed E-state index contributed by atoms with van der Waals surface area (Å²) >= 11 is 6.23. The minimum absolute atomic E-state index is 0.154. The van der Waals surface area contributed by atoms with Crippen molar-refractivity contribution in [2.24, 2.45) is 0 Å². The van der Waals surface area contributed by atoms with Crippen molar-refractivity contribution < 1.29 is 14.1 Å². The minimum atomic E-state index is -0.261. The van der Waals surface area contributed by atoms with Crippen LogP contribution in [-0.2, 0) is 4.79 Å². The molecule has 26 heavy (non-hydrogen) atoms. The Bertz CT molecular complexity index is 834. The average molecular weight is 377 g/mol. The molecule has 1 atom stereocenters. The molecule has 1 aromatic carbocycles. The van der Waals surface area contributed by atoms with Gasteiger partial charge >= 0.3 is 0 Å². The zero-order chi connectivity index (χ0) is 18.8. The first-order valence-corrected chi connectivity index (χ1v) is 8.96. The number of halogens is 1. The molecule has 7 nitrogen and oxygen atoms in total. The number of hydrogen-bond donors (Lipinski definition) is 1. The topological polar surface area (TPSA) is 88.3 Å². The Hall–Kier alpha value is -2.41. The normalized spacial score (nSPS) is 17.0. The van der Waals surface area contributed by atoms with Crippen molar-refractivity contribution in [1.82, 2.24) is 15.0 Å². The maximum absolute atomic E-state index is 13.1. The largest absolute Gasteiger partial charge is 0.337 e. The van der Waals surface area contributed by atoms with Gasteiger partial charge in [-0.15, -0.1) is 0 Å². The van der Waals surface area contributed by atoms with Gasteiger partial charge in [0, 0.05) is 25.1 Å². The summed E-state index contributed by atoms with van der Waals surface area (Å²) in [5, 5.41) is 7.00. The summed E-state index contributed by atoms with van der Waals surface area (Å²) < 4.78 is 5.39. The Morgan fingerprint density at radius 3 is 2.81 bits per heavy atom. The molecule has 1 N–H and O–H groups in total. The van der Waals surface area contributed by atoms with E-state index in [0.29, 0.717) is 34.5 Å². The van der Waals surface area contributed by atoms with E-state index in [0.717, 1.165) is 12.8 Å². The molecule has 0 bridgehead atoms. The molecule has 0 spiro atoms. The fraction of sp³-hybridized carbons (Fsp3) is 0.444. The summed E-state index contributed by atoms with van der Waals surface area (Å²) in [5.74, 6) is 0.811. The van der Waals surface area contributed by atoms with Crippen molar-refractivity contribution in [3.63, 3.8) is 0 Å². The average Bonchev–Trinajstić information content (AvgIpc) is 3.24. The number of anilines is 1. The molecular formula is C18H21ClN4O3. The van der Waals surface area contributed by atoms with Gasteiger partial charge < -0.3 is 14.7 Å². The third kappa shape index (κ3) is 3.72. The first-order chi connectivity index (χ1) is 12.4. The summed E-state index contributed by atoms with van der Waals surface area (Å²) in [7, 11) is 0. The molecule has 2 amide bonds. The summed E-state index contributed by atoms with van der Waals surface area (Å²) in [6.45, 7) is 5.97. The maximum Gasteiger partial charge on any atom is 0.256 e. The Kier molecular flexibility index (Phi) is 5.27. The van der Waals surface area contributed by atoms with Gasteiger partial charge in [0.1, 0.15) is 6.04 Å². The number of nitrogens with zero attached hydrogens (tertiary/aromatic N) is 3. The molecule has 1 saturated heterocycles. The molecule has 0 saturated carbocycles. The van der Waals surface area contributed by atoms with Gasteiger partial charge in [-0.1, -0.05) is 30.6 Å². The van der Waals surface area contributed by atoms with Gasteiger partial charge in [0.2, 0.25) is 11.8 Å². The third-order valence-electron chi connectivity index (χ3n) is 4.29. The van der Waals surface area contributed by atoms with E-state index in [1.807, 2.05) is 13.8 Å². The van der Waals surface area contributed by atoms with Crippen molar-refractivity contribution in [2.75, 3.05) is 11.9 Å². The smallest absolute Gasteiger partial charge is 0.256 e. The van der Waals surface area contributed by atoms with E-state index in [-0.39, 0.29) is 23.8 Å². The van der Waals surface area contributed by atoms with Crippen LogP contribution in [0.2, 0.25) is 5.02 Å². The molecule has 0 radical (unpaired) electrons. The highest BCUT2D eigenvalue weighted by Gasteiger charge is 2.35. The zero-order valence-electron chi connectivity index (χ0n) is 15.0. The number of hydrogen-bond acceptors (Lipinski definition) is 5. The molecule has 3 rings (SSSR count). The van der Waals surface area contributed by atoms with Crippen LogP contribution in [0.15, 0.2) is 22.7 Å². The van der Waals surface area contributed by atoms with Gasteiger partial charge in [-0.05, 0) is 31.0 Å². The highest BCUT2D eigenvalue weighted by Crippen LogP contribution is 2.34. The Morgan fingerprint density at radius 2 is 2.15 bits per heavy atom. The van der Waals surface area contributed by atoms with Crippen LogP contribution in [-0.4, -0.2) is 33.4 Å². The van der Waals surface area contributed by atoms with Gasteiger partial charge in [0.25, 0.3) is 5.91 Å². The lowest BCUT2D eigenvalue weighted by Crippen LogP contribution is -2.31. The van der Waals surface area contributed by atoms with Crippen molar-refractivity contribution in [3.05, 3.63) is 40.5 Å². The predicted molar refractivity (Wildman–Crippen MR) is 97.2 cm³/mol. The van der Waals surface area contributed by atoms with Crippen LogP contribution >= 0.6 is 11.6 Å². The molecule has 8 heteroatoms. The number of benzene rings is 1. The Morgan fingerprint density at radius 1 is 1.38 bits per heavy atom. The van der Waals surface area contributed by atoms with E-state index >= 15 is 0 Å². The minimum Gasteiger partial charge on any atom is -0.337 e. The maximum atomic E-state index is 13.1. The number of aromatic nitrogens is 2. The van der Waals surface area contributed by atoms with E-state index in [4.69, 9.17) is 16.1 Å². The quantitative estimate of drug-likeness (QED) is 0.877. The van der Waals surface area contributed by atoms with Crippen molar-refractivity contribution in [2.45, 2.75) is 45.6 Å². The molecule has 1 fully saturated rings. The predicted octanol–water partition coefficient (Wildman–Crippen LogP) is 3.78. The lowest BCUT2D eigenvalue weighted by molar-refractivity contribution is -0.114. The number of carbonyl (C=O) groups is 2. The monoisotopic (exact) mass is 376 g/mol. The highest BCUT2D eigenvalue weighted by molar-refractivity contribution is 6.34. The van der Waals surface area contributed by atoms with E-state index in [9.17, 15) is 9.59 Å². The second-order valence-electron chi connectivity index (χ2n) is 6.68. The summed E-state index contributed by atoms with van der Waals surface area (Å²) in [5.41, 5.74) is 0.870. The van der Waals surface area contributed by atoms with E-state index in [1.54, 1.807) is 23.1 Å². The number of likely N-dealkylation sites (tertiary alicyclic amines) is 1. The zero-order valence-corrected chi connectivity index (χ0v) is 15.7. The van der Waals surface area contributed by atoms with Crippen LogP contribution < -0.4 is 5.32 Å². The van der Waals surface area contributed by atoms with Crippen molar-refractivity contribution in [3.8, 4) is 0 Å². The molecular weight excluding hydrogens is 356 g/mol. The van der Waals surface area contributed by atoms with Crippen LogP contribution in [0.1, 0.15) is 67.6 Å². The van der Waals surface area contributed by atoms with Gasteiger partial charge in [-0.2, -0.15) is 4.98 Å². The highest BCUT2D eigenvalue weighted by atomic mass is 35.5. The molecule has 0 aliphatic carbocycles. The second kappa shape index (κ2) is 7.45. The van der Waals surface area contributed by atoms with Crippen LogP contribution in [0.5, 0.6) is 0 Å². The standard InChI is InChI=1S/C18H21ClN4O3/c1-10(2)16-21-17(26-22-16)15-5-4-8-23(15)18(25)13-9-12(20-11(3)24)6-7-14(13)19/h6-7,9-10,15H,4-5,8H2,1-3H3,(H,20,24)/t15-/m0/s1. The number of carbonyl (C=O) groups excluding carboxylic acids is 2. The van der Waals surface area contributed by atoms with Gasteiger partial charge in [-0.3, -0.25) is 9.59 Å². The Balaban J connectivity index is 1.87. The van der Waals surface area contributed by atoms with Gasteiger partial charge in [0.05, 0.1) is 10.6 Å². The van der Waals surface area contributed by atoms with Crippen LogP contribution in [0.3, 0.4) is 0 Å². The number of nitrogens with one attached hydrogen (secondary N) is 1. The molecule has 0 unspecified atom stereocenters. The molecule has 2 aromatic rings. The lowest BCUT2D eigenvalue weighted by atomic mass is 10.1. The second-order valence-corrected chi connectivity index (χ2v) is 7.09. The van der Waals surface area contributed by atoms with Gasteiger partial charge in [-0.25, -0.2) is 0 Å². The summed E-state index contributed by atoms with van der Waals surface area (Å²) in [4.78, 5) is 30.5. The number of rotatable bonds is 4. The third-order valence-corrected chi connectivity index (χ3v) is 4.62. The lowest BCUT2D eigenvalue weighted by Gasteiger charge is -2.22. The van der Waals surface area contributed by atoms with E-state index < -0.39 is 0 Å². The first kappa shape index (κ1) is 18.4. The fourth-order valence-electron chi connectivity index (χ4n) is 3.01. The van der Waals surface area contributed by atoms with Crippen LogP contribution in [0.25, 0.3) is 0 Å². The van der Waals surface area contributed by atoms with E-state index in [1.165, 1.54) is 6.92 Å². The molecule has 1 aliphatic rings.